The number of carbonyl (C=O) groups is 3. The molecule has 1 fully saturated rings. The minimum absolute atomic E-state index is 0.0437. The molecule has 2 aliphatic rings. The molecule has 0 saturated carbocycles. The first kappa shape index (κ1) is 41.7. The van der Waals surface area contributed by atoms with Crippen LogP contribution in [0.5, 0.6) is 0 Å². The van der Waals surface area contributed by atoms with Crippen molar-refractivity contribution in [3.8, 4) is 0 Å². The van der Waals surface area contributed by atoms with Crippen molar-refractivity contribution >= 4 is 74.3 Å². The number of anilines is 1. The summed E-state index contributed by atoms with van der Waals surface area (Å²) in [6, 6.07) is 48.4. The molecule has 2 atom stereocenters. The summed E-state index contributed by atoms with van der Waals surface area (Å²) in [5.41, 5.74) is 4.84. The van der Waals surface area contributed by atoms with Crippen molar-refractivity contribution in [1.82, 2.24) is 15.2 Å². The first-order chi connectivity index (χ1) is 29.9. The van der Waals surface area contributed by atoms with Crippen LogP contribution in [0.15, 0.2) is 186 Å². The van der Waals surface area contributed by atoms with Gasteiger partial charge in [0.25, 0.3) is 11.8 Å². The van der Waals surface area contributed by atoms with Crippen molar-refractivity contribution in [2.75, 3.05) is 22.1 Å². The van der Waals surface area contributed by atoms with E-state index in [0.717, 1.165) is 33.4 Å². The van der Waals surface area contributed by atoms with Crippen LogP contribution < -0.4 is 10.6 Å². The van der Waals surface area contributed by atoms with Crippen LogP contribution >= 0.6 is 45.7 Å². The summed E-state index contributed by atoms with van der Waals surface area (Å²) in [7, 11) is 0. The first-order valence-electron chi connectivity index (χ1n) is 19.5. The number of nitrogens with one attached hydrogen (secondary N) is 2. The highest BCUT2D eigenvalue weighted by Gasteiger charge is 2.55. The maximum absolute atomic E-state index is 14.2. The number of thioether (sulfide) groups is 1. The van der Waals surface area contributed by atoms with E-state index >= 15 is 0 Å². The van der Waals surface area contributed by atoms with Gasteiger partial charge in [0.15, 0.2) is 16.9 Å². The number of amides is 2. The number of thiazole rings is 1. The van der Waals surface area contributed by atoms with Gasteiger partial charge >= 0.3 is 5.97 Å². The van der Waals surface area contributed by atoms with Crippen LogP contribution in [-0.4, -0.2) is 61.6 Å². The van der Waals surface area contributed by atoms with Crippen molar-refractivity contribution in [3.05, 3.63) is 214 Å². The number of carbonyl (C=O) groups excluding carboxylic acids is 3. The van der Waals surface area contributed by atoms with Crippen molar-refractivity contribution in [3.63, 3.8) is 0 Å². The second-order valence-corrected chi connectivity index (χ2v) is 16.8. The van der Waals surface area contributed by atoms with Crippen LogP contribution in [0.4, 0.5) is 5.13 Å². The number of halogens is 1. The zero-order valence-electron chi connectivity index (χ0n) is 32.7. The van der Waals surface area contributed by atoms with Crippen LogP contribution in [0.25, 0.3) is 0 Å². The van der Waals surface area contributed by atoms with Gasteiger partial charge in [-0.25, -0.2) is 9.78 Å². The molecule has 2 aliphatic heterocycles. The number of β-lactam (4-membered cyclic amide) rings is 1. The molecule has 1 saturated heterocycles. The van der Waals surface area contributed by atoms with Gasteiger partial charge in [-0.15, -0.1) is 23.1 Å². The molecule has 2 N–H and O–H groups in total. The fourth-order valence-corrected chi connectivity index (χ4v) is 10.6. The van der Waals surface area contributed by atoms with E-state index in [-0.39, 0.29) is 23.7 Å². The van der Waals surface area contributed by atoms with Crippen LogP contribution in [-0.2, 0) is 29.5 Å². The fourth-order valence-electron chi connectivity index (χ4n) is 7.47. The molecule has 2 amide bonds. The molecule has 61 heavy (non-hydrogen) atoms. The quantitative estimate of drug-likeness (QED) is 0.0114. The third kappa shape index (κ3) is 8.63. The number of ether oxygens (including phenoxy) is 1. The summed E-state index contributed by atoms with van der Waals surface area (Å²) in [6.07, 6.45) is 0.827. The van der Waals surface area contributed by atoms with E-state index in [4.69, 9.17) is 14.6 Å². The Kier molecular flexibility index (Phi) is 13.1. The predicted octanol–water partition coefficient (Wildman–Crippen LogP) is 8.88. The summed E-state index contributed by atoms with van der Waals surface area (Å²) >= 11 is 4.99. The van der Waals surface area contributed by atoms with Gasteiger partial charge in [0.1, 0.15) is 35.0 Å². The third-order valence-corrected chi connectivity index (χ3v) is 13.4. The molecule has 0 spiro atoms. The van der Waals surface area contributed by atoms with Crippen molar-refractivity contribution in [2.24, 2.45) is 5.16 Å². The molecule has 13 heteroatoms. The summed E-state index contributed by atoms with van der Waals surface area (Å²) in [5, 5.41) is 12.5. The highest BCUT2D eigenvalue weighted by molar-refractivity contribution is 14.1. The number of aromatic nitrogens is 1. The highest BCUT2D eigenvalue weighted by Crippen LogP contribution is 2.43. The largest absolute Gasteiger partial charge is 0.448 e. The Hall–Kier alpha value is -6.03. The molecule has 6 aromatic rings. The molecule has 10 nitrogen and oxygen atoms in total. The normalized spacial score (nSPS) is 16.3. The smallest absolute Gasteiger partial charge is 0.356 e. The number of esters is 1. The average Bonchev–Trinajstić information content (AvgIpc) is 3.79. The number of alkyl halides is 1. The van der Waals surface area contributed by atoms with Crippen molar-refractivity contribution in [2.45, 2.75) is 23.1 Å². The molecule has 5 aromatic carbocycles. The highest BCUT2D eigenvalue weighted by atomic mass is 127. The summed E-state index contributed by atoms with van der Waals surface area (Å²) in [6.45, 7) is 3.75. The molecule has 1 unspecified atom stereocenters. The van der Waals surface area contributed by atoms with E-state index in [1.54, 1.807) is 5.38 Å². The minimum atomic E-state index is -0.946. The van der Waals surface area contributed by atoms with Gasteiger partial charge < -0.3 is 20.2 Å². The standard InChI is InChI=1S/C48H40IN5O5S2/c1-2-28-58-53-39(38-31-61-47(50-38)52-48(35-22-12-5-13-23-35,36-24-14-6-15-25-36)37-26-16-7-17-27-37)43(55)51-40-44(56)54-41(34(29-49)30-60-45(40)54)46(57)59-42(32-18-8-3-9-19-32)33-20-10-4-11-21-33/h2-27,31,40,42,45H,1,28-30H2,(H,50,52)(H,51,55)/t40?,45-/m1/s1. The number of hydrogen-bond donors (Lipinski definition) is 2. The third-order valence-electron chi connectivity index (χ3n) is 10.3. The lowest BCUT2D eigenvalue weighted by Crippen LogP contribution is -2.71. The minimum Gasteiger partial charge on any atom is -0.448 e. The Morgan fingerprint density at radius 3 is 1.89 bits per heavy atom. The number of benzene rings is 5. The Balaban J connectivity index is 1.05. The molecule has 3 heterocycles. The monoisotopic (exact) mass is 957 g/mol. The van der Waals surface area contributed by atoms with Gasteiger partial charge in [-0.1, -0.05) is 192 Å². The van der Waals surface area contributed by atoms with E-state index in [1.165, 1.54) is 34.1 Å². The summed E-state index contributed by atoms with van der Waals surface area (Å²) in [5.74, 6) is -1.21. The molecule has 0 aliphatic carbocycles. The molecule has 0 radical (unpaired) electrons. The second kappa shape index (κ2) is 19.1. The van der Waals surface area contributed by atoms with E-state index in [0.29, 0.717) is 15.3 Å². The van der Waals surface area contributed by atoms with E-state index in [1.807, 2.05) is 115 Å². The number of oxime groups is 1. The van der Waals surface area contributed by atoms with E-state index < -0.39 is 40.8 Å². The Morgan fingerprint density at radius 1 is 0.852 bits per heavy atom. The number of rotatable bonds is 16. The Labute approximate surface area is 375 Å². The van der Waals surface area contributed by atoms with Gasteiger partial charge in [-0.3, -0.25) is 14.5 Å². The maximum atomic E-state index is 14.2. The van der Waals surface area contributed by atoms with Crippen LogP contribution in [0, 0.1) is 0 Å². The van der Waals surface area contributed by atoms with Crippen molar-refractivity contribution in [1.29, 1.82) is 0 Å². The van der Waals surface area contributed by atoms with E-state index in [9.17, 15) is 14.4 Å². The van der Waals surface area contributed by atoms with Gasteiger partial charge in [0, 0.05) is 15.6 Å². The lowest BCUT2D eigenvalue weighted by Gasteiger charge is -2.49. The van der Waals surface area contributed by atoms with Gasteiger partial charge in [-0.05, 0) is 33.4 Å². The molecular formula is C48H40IN5O5S2. The fraction of sp³-hybridized carbons (Fsp3) is 0.146. The number of fused-ring (bicyclic) bond motifs is 1. The molecule has 1 aromatic heterocycles. The summed E-state index contributed by atoms with van der Waals surface area (Å²) < 4.78 is 6.75. The molecule has 0 bridgehead atoms. The van der Waals surface area contributed by atoms with Crippen molar-refractivity contribution < 1.29 is 24.0 Å². The lowest BCUT2D eigenvalue weighted by atomic mass is 9.77. The lowest BCUT2D eigenvalue weighted by molar-refractivity contribution is -0.154. The Bertz CT molecular complexity index is 2420. The van der Waals surface area contributed by atoms with Crippen LogP contribution in [0.1, 0.15) is 39.6 Å². The topological polar surface area (TPSA) is 122 Å². The summed E-state index contributed by atoms with van der Waals surface area (Å²) in [4.78, 5) is 54.3. The van der Waals surface area contributed by atoms with E-state index in [2.05, 4.69) is 81.4 Å². The first-order valence-corrected chi connectivity index (χ1v) is 22.9. The van der Waals surface area contributed by atoms with Gasteiger partial charge in [0.2, 0.25) is 0 Å². The van der Waals surface area contributed by atoms with Crippen LogP contribution in [0.3, 0.4) is 0 Å². The SMILES string of the molecule is C=CCON=C(C(=O)NC1C(=O)N2C(C(=O)OC(c3ccccc3)c3ccccc3)=C(CI)CS[C@H]12)c1csc(NC(c2ccccc2)(c2ccccc2)c2ccccc2)n1. The number of nitrogens with zero attached hydrogens (tertiary/aromatic N) is 3. The molecule has 306 valence electrons. The number of hydrogen-bond acceptors (Lipinski definition) is 10. The molecular weight excluding hydrogens is 918 g/mol. The zero-order chi connectivity index (χ0) is 42.2. The van der Waals surface area contributed by atoms with Gasteiger partial charge in [0.05, 0.1) is 0 Å². The second-order valence-electron chi connectivity index (χ2n) is 14.1. The maximum Gasteiger partial charge on any atom is 0.356 e. The van der Waals surface area contributed by atoms with Crippen LogP contribution in [0.2, 0.25) is 0 Å². The average molecular weight is 958 g/mol. The Morgan fingerprint density at radius 2 is 1.38 bits per heavy atom. The predicted molar refractivity (Wildman–Crippen MR) is 249 cm³/mol. The zero-order valence-corrected chi connectivity index (χ0v) is 36.5. The molecule has 8 rings (SSSR count). The van der Waals surface area contributed by atoms with Gasteiger partial charge in [-0.2, -0.15) is 0 Å².